The zero-order chi connectivity index (χ0) is 12.3. The molecule has 0 unspecified atom stereocenters. The Morgan fingerprint density at radius 1 is 1.18 bits per heavy atom. The molecule has 0 aliphatic rings. The van der Waals surface area contributed by atoms with Crippen molar-refractivity contribution in [1.82, 2.24) is 4.98 Å². The van der Waals surface area contributed by atoms with E-state index in [9.17, 15) is 0 Å². The summed E-state index contributed by atoms with van der Waals surface area (Å²) < 4.78 is 6.51. The molecule has 0 radical (unpaired) electrons. The van der Waals surface area contributed by atoms with Gasteiger partial charge in [-0.2, -0.15) is 0 Å². The van der Waals surface area contributed by atoms with Gasteiger partial charge in [-0.25, -0.2) is 4.98 Å². The van der Waals surface area contributed by atoms with Crippen molar-refractivity contribution in [2.45, 2.75) is 0 Å². The van der Waals surface area contributed by atoms with Gasteiger partial charge in [0.2, 0.25) is 0 Å². The number of ether oxygens (including phenoxy) is 1. The van der Waals surface area contributed by atoms with E-state index < -0.39 is 0 Å². The zero-order valence-electron chi connectivity index (χ0n) is 8.56. The number of halogens is 2. The first-order chi connectivity index (χ1) is 8.15. The molecule has 0 saturated heterocycles. The molecule has 1 heterocycles. The summed E-state index contributed by atoms with van der Waals surface area (Å²) in [4.78, 5) is 3.95. The van der Waals surface area contributed by atoms with Crippen LogP contribution in [0, 0.1) is 0 Å². The smallest absolute Gasteiger partial charge is 0.199 e. The Morgan fingerprint density at radius 3 is 2.47 bits per heavy atom. The molecule has 2 rings (SSSR count). The van der Waals surface area contributed by atoms with E-state index in [4.69, 9.17) is 28.6 Å². The summed E-state index contributed by atoms with van der Waals surface area (Å²) >= 11 is 14.2. The molecule has 0 atom stereocenters. The number of rotatable bonds is 2. The maximum absolute atomic E-state index is 5.69. The largest absolute Gasteiger partial charge is 0.445 e. The van der Waals surface area contributed by atoms with Crippen molar-refractivity contribution in [1.29, 1.82) is 0 Å². The van der Waals surface area contributed by atoms with Gasteiger partial charge in [0.1, 0.15) is 10.9 Å². The lowest BCUT2D eigenvalue weighted by molar-refractivity contribution is 0.566. The molecule has 5 heteroatoms. The van der Waals surface area contributed by atoms with Crippen LogP contribution in [-0.4, -0.2) is 10.0 Å². The summed E-state index contributed by atoms with van der Waals surface area (Å²) in [6.45, 7) is 0. The monoisotopic (exact) mass is 327 g/mol. The predicted molar refractivity (Wildman–Crippen MR) is 75.7 cm³/mol. The lowest BCUT2D eigenvalue weighted by Crippen LogP contribution is -2.07. The second kappa shape index (κ2) is 5.58. The first kappa shape index (κ1) is 12.5. The van der Waals surface area contributed by atoms with Crippen LogP contribution < -0.4 is 4.74 Å². The van der Waals surface area contributed by atoms with E-state index in [0.29, 0.717) is 16.0 Å². The number of nitrogens with zero attached hydrogens (tertiary/aromatic N) is 1. The van der Waals surface area contributed by atoms with Crippen LogP contribution in [0.5, 0.6) is 5.75 Å². The minimum Gasteiger partial charge on any atom is -0.445 e. The van der Waals surface area contributed by atoms with Gasteiger partial charge in [-0.3, -0.25) is 0 Å². The highest BCUT2D eigenvalue weighted by Crippen LogP contribution is 2.18. The average molecular weight is 329 g/mol. The van der Waals surface area contributed by atoms with E-state index in [-0.39, 0.29) is 0 Å². The fourth-order valence-corrected chi connectivity index (χ4v) is 1.76. The molecule has 86 valence electrons. The Balaban J connectivity index is 2.11. The molecule has 0 saturated carbocycles. The molecule has 1 aromatic carbocycles. The van der Waals surface area contributed by atoms with E-state index in [2.05, 4.69) is 20.9 Å². The van der Waals surface area contributed by atoms with Crippen molar-refractivity contribution in [3.63, 3.8) is 0 Å². The maximum Gasteiger partial charge on any atom is 0.199 e. The summed E-state index contributed by atoms with van der Waals surface area (Å²) in [6.07, 6.45) is 1.59. The Bertz CT molecular complexity index is 527. The molecule has 0 N–H and O–H groups in total. The molecule has 2 nitrogen and oxygen atoms in total. The third kappa shape index (κ3) is 3.49. The van der Waals surface area contributed by atoms with Crippen molar-refractivity contribution < 1.29 is 4.74 Å². The number of hydrogen-bond donors (Lipinski definition) is 0. The number of hydrogen-bond acceptors (Lipinski definition) is 3. The fraction of sp³-hybridized carbons (Fsp3) is 0. The second-order valence-corrected chi connectivity index (χ2v) is 4.89. The van der Waals surface area contributed by atoms with Gasteiger partial charge in [0.25, 0.3) is 0 Å². The number of aromatic nitrogens is 1. The molecule has 0 fully saturated rings. The fourth-order valence-electron chi connectivity index (χ4n) is 1.17. The van der Waals surface area contributed by atoms with E-state index in [1.165, 1.54) is 0 Å². The van der Waals surface area contributed by atoms with E-state index in [1.807, 2.05) is 24.3 Å². The normalized spacial score (nSPS) is 10.0. The summed E-state index contributed by atoms with van der Waals surface area (Å²) in [5.74, 6) is 0.688. The van der Waals surface area contributed by atoms with Crippen molar-refractivity contribution in [3.8, 4) is 5.75 Å². The van der Waals surface area contributed by atoms with Gasteiger partial charge in [-0.05, 0) is 48.6 Å². The Hall–Kier alpha value is -0.970. The van der Waals surface area contributed by atoms with Gasteiger partial charge in [0.15, 0.2) is 5.05 Å². The van der Waals surface area contributed by atoms with Crippen molar-refractivity contribution in [2.24, 2.45) is 0 Å². The molecule has 0 bridgehead atoms. The average Bonchev–Trinajstić information content (AvgIpc) is 2.33. The van der Waals surface area contributed by atoms with Crippen LogP contribution in [0.4, 0.5) is 0 Å². The second-order valence-electron chi connectivity index (χ2n) is 3.21. The Labute approximate surface area is 118 Å². The van der Waals surface area contributed by atoms with Crippen LogP contribution in [0.1, 0.15) is 5.56 Å². The number of pyridine rings is 1. The van der Waals surface area contributed by atoms with Crippen molar-refractivity contribution in [3.05, 3.63) is 57.8 Å². The van der Waals surface area contributed by atoms with E-state index in [1.54, 1.807) is 18.3 Å². The highest BCUT2D eigenvalue weighted by Gasteiger charge is 2.04. The first-order valence-corrected chi connectivity index (χ1v) is 6.32. The van der Waals surface area contributed by atoms with Crippen LogP contribution in [0.3, 0.4) is 0 Å². The van der Waals surface area contributed by atoms with Crippen LogP contribution in [0.25, 0.3) is 0 Å². The van der Waals surface area contributed by atoms with Gasteiger partial charge in [0.05, 0.1) is 0 Å². The van der Waals surface area contributed by atoms with Crippen LogP contribution >= 0.6 is 39.7 Å². The van der Waals surface area contributed by atoms with Crippen molar-refractivity contribution in [2.75, 3.05) is 0 Å². The predicted octanol–water partition coefficient (Wildman–Crippen LogP) is 4.25. The molecule has 2 aromatic rings. The van der Waals surface area contributed by atoms with Crippen LogP contribution in [-0.2, 0) is 0 Å². The zero-order valence-corrected chi connectivity index (χ0v) is 11.7. The summed E-state index contributed by atoms with van der Waals surface area (Å²) in [7, 11) is 0. The Kier molecular flexibility index (Phi) is 4.10. The molecule has 0 spiro atoms. The lowest BCUT2D eigenvalue weighted by Gasteiger charge is -2.06. The molecular formula is C12H7BrClNOS. The third-order valence-corrected chi connectivity index (χ3v) is 3.06. The SMILES string of the molecule is S=C(Oc1ccc(Br)cc1)c1ccc(Cl)nc1. The van der Waals surface area contributed by atoms with E-state index >= 15 is 0 Å². The third-order valence-electron chi connectivity index (χ3n) is 1.99. The molecular weight excluding hydrogens is 322 g/mol. The summed E-state index contributed by atoms with van der Waals surface area (Å²) in [6, 6.07) is 10.9. The Morgan fingerprint density at radius 2 is 1.88 bits per heavy atom. The molecule has 17 heavy (non-hydrogen) atoms. The molecule has 1 aromatic heterocycles. The minimum absolute atomic E-state index is 0.372. The van der Waals surface area contributed by atoms with Gasteiger partial charge in [-0.1, -0.05) is 27.5 Å². The lowest BCUT2D eigenvalue weighted by atomic mass is 10.3. The van der Waals surface area contributed by atoms with Gasteiger partial charge < -0.3 is 4.74 Å². The van der Waals surface area contributed by atoms with Gasteiger partial charge in [-0.15, -0.1) is 0 Å². The standard InChI is InChI=1S/C12H7BrClNOS/c13-9-2-4-10(5-3-9)16-12(17)8-1-6-11(14)15-7-8/h1-7H. The molecule has 0 amide bonds. The summed E-state index contributed by atoms with van der Waals surface area (Å²) in [5.41, 5.74) is 0.729. The maximum atomic E-state index is 5.69. The molecule has 0 aliphatic carbocycles. The number of benzene rings is 1. The van der Waals surface area contributed by atoms with Gasteiger partial charge in [0, 0.05) is 16.2 Å². The van der Waals surface area contributed by atoms with Gasteiger partial charge >= 0.3 is 0 Å². The first-order valence-electron chi connectivity index (χ1n) is 4.74. The quantitative estimate of drug-likeness (QED) is 0.608. The number of thiocarbonyl (C=S) groups is 1. The van der Waals surface area contributed by atoms with Crippen LogP contribution in [0.15, 0.2) is 47.1 Å². The minimum atomic E-state index is 0.372. The van der Waals surface area contributed by atoms with E-state index in [0.717, 1.165) is 10.0 Å². The molecule has 0 aliphatic heterocycles. The van der Waals surface area contributed by atoms with Crippen LogP contribution in [0.2, 0.25) is 5.15 Å². The highest BCUT2D eigenvalue weighted by molar-refractivity contribution is 9.10. The summed E-state index contributed by atoms with van der Waals surface area (Å²) in [5, 5.41) is 0.802. The van der Waals surface area contributed by atoms with Crippen molar-refractivity contribution >= 4 is 44.8 Å². The topological polar surface area (TPSA) is 22.1 Å². The highest BCUT2D eigenvalue weighted by atomic mass is 79.9.